The van der Waals surface area contributed by atoms with Crippen LogP contribution in [0, 0.1) is 0 Å². The number of amides is 2. The first-order valence-electron chi connectivity index (χ1n) is 9.94. The molecule has 0 aliphatic carbocycles. The van der Waals surface area contributed by atoms with Crippen LogP contribution in [0.2, 0.25) is 0 Å². The first-order valence-corrected chi connectivity index (χ1v) is 9.94. The topological polar surface area (TPSA) is 93.5 Å². The van der Waals surface area contributed by atoms with Gasteiger partial charge in [-0.25, -0.2) is 5.84 Å². The molecule has 0 saturated carbocycles. The Labute approximate surface area is 181 Å². The summed E-state index contributed by atoms with van der Waals surface area (Å²) in [6, 6.07) is 26.3. The maximum atomic E-state index is 12.4. The summed E-state index contributed by atoms with van der Waals surface area (Å²) in [5.41, 5.74) is 5.06. The molecule has 158 valence electrons. The lowest BCUT2D eigenvalue weighted by Crippen LogP contribution is -2.38. The molecule has 4 N–H and O–H groups in total. The second-order valence-electron chi connectivity index (χ2n) is 6.90. The molecule has 0 saturated heterocycles. The third-order valence-corrected chi connectivity index (χ3v) is 4.61. The normalized spacial score (nSPS) is 11.6. The van der Waals surface area contributed by atoms with E-state index in [4.69, 9.17) is 10.6 Å². The summed E-state index contributed by atoms with van der Waals surface area (Å²) in [5, 5.41) is 2.83. The van der Waals surface area contributed by atoms with Crippen LogP contribution >= 0.6 is 0 Å². The van der Waals surface area contributed by atoms with Crippen LogP contribution in [0.15, 0.2) is 84.9 Å². The van der Waals surface area contributed by atoms with Gasteiger partial charge in [0, 0.05) is 0 Å². The number of nitrogens with two attached hydrogens (primary N) is 1. The van der Waals surface area contributed by atoms with Gasteiger partial charge in [-0.2, -0.15) is 0 Å². The molecule has 1 unspecified atom stereocenters. The maximum Gasteiger partial charge on any atom is 0.258 e. The van der Waals surface area contributed by atoms with Crippen molar-refractivity contribution in [2.45, 2.75) is 12.5 Å². The van der Waals surface area contributed by atoms with E-state index < -0.39 is 6.04 Å². The Morgan fingerprint density at radius 3 is 2.00 bits per heavy atom. The molecule has 0 aromatic heterocycles. The highest BCUT2D eigenvalue weighted by molar-refractivity contribution is 5.80. The minimum Gasteiger partial charge on any atom is -0.484 e. The number of carbonyl (C=O) groups is 2. The predicted octanol–water partition coefficient (Wildman–Crippen LogP) is 3.47. The van der Waals surface area contributed by atoms with Crippen molar-refractivity contribution >= 4 is 24.0 Å². The molecular weight excluding hydrogens is 390 g/mol. The highest BCUT2D eigenvalue weighted by atomic mass is 16.5. The van der Waals surface area contributed by atoms with Gasteiger partial charge >= 0.3 is 0 Å². The highest BCUT2D eigenvalue weighted by Crippen LogP contribution is 2.17. The van der Waals surface area contributed by atoms with Gasteiger partial charge in [0.05, 0.1) is 12.5 Å². The van der Waals surface area contributed by atoms with Gasteiger partial charge in [-0.05, 0) is 28.8 Å². The molecule has 0 bridgehead atoms. The van der Waals surface area contributed by atoms with E-state index in [1.165, 1.54) is 0 Å². The van der Waals surface area contributed by atoms with Gasteiger partial charge in [0.2, 0.25) is 5.91 Å². The Kier molecular flexibility index (Phi) is 7.97. The number of hydrazine groups is 1. The van der Waals surface area contributed by atoms with E-state index in [1.807, 2.05) is 97.1 Å². The van der Waals surface area contributed by atoms with E-state index in [0.717, 1.165) is 16.7 Å². The summed E-state index contributed by atoms with van der Waals surface area (Å²) < 4.78 is 5.59. The van der Waals surface area contributed by atoms with Crippen LogP contribution in [0.25, 0.3) is 12.2 Å². The molecule has 6 heteroatoms. The molecule has 0 aliphatic rings. The fraction of sp³-hybridized carbons (Fsp3) is 0.120. The average Bonchev–Trinajstić information content (AvgIpc) is 2.82. The zero-order chi connectivity index (χ0) is 21.9. The molecule has 2 amide bonds. The molecule has 3 aromatic rings. The number of hydrogen-bond acceptors (Lipinski definition) is 4. The minimum atomic E-state index is -0.494. The van der Waals surface area contributed by atoms with Gasteiger partial charge < -0.3 is 10.1 Å². The molecule has 3 aromatic carbocycles. The minimum absolute atomic E-state index is 0.0364. The summed E-state index contributed by atoms with van der Waals surface area (Å²) in [7, 11) is 0. The summed E-state index contributed by atoms with van der Waals surface area (Å²) >= 11 is 0. The number of benzene rings is 3. The smallest absolute Gasteiger partial charge is 0.258 e. The first-order chi connectivity index (χ1) is 15.1. The van der Waals surface area contributed by atoms with Crippen molar-refractivity contribution in [2.24, 2.45) is 5.84 Å². The third kappa shape index (κ3) is 7.13. The number of nitrogens with one attached hydrogen (secondary N) is 2. The Morgan fingerprint density at radius 1 is 0.806 bits per heavy atom. The van der Waals surface area contributed by atoms with E-state index in [0.29, 0.717) is 5.75 Å². The Bertz CT molecular complexity index is 1000. The van der Waals surface area contributed by atoms with Crippen LogP contribution in [0.1, 0.15) is 29.2 Å². The second kappa shape index (κ2) is 11.3. The van der Waals surface area contributed by atoms with E-state index in [2.05, 4.69) is 10.7 Å². The molecule has 0 radical (unpaired) electrons. The van der Waals surface area contributed by atoms with Crippen molar-refractivity contribution in [3.05, 3.63) is 102 Å². The fourth-order valence-electron chi connectivity index (χ4n) is 3.00. The van der Waals surface area contributed by atoms with Crippen molar-refractivity contribution in [1.82, 2.24) is 10.7 Å². The molecule has 0 spiro atoms. The lowest BCUT2D eigenvalue weighted by atomic mass is 10.0. The lowest BCUT2D eigenvalue weighted by Gasteiger charge is -2.18. The Hall–Kier alpha value is -3.90. The zero-order valence-corrected chi connectivity index (χ0v) is 17.0. The van der Waals surface area contributed by atoms with Crippen molar-refractivity contribution < 1.29 is 14.3 Å². The zero-order valence-electron chi connectivity index (χ0n) is 17.0. The summed E-state index contributed by atoms with van der Waals surface area (Å²) in [6.07, 6.45) is 4.08. The van der Waals surface area contributed by atoms with E-state index in [9.17, 15) is 9.59 Å². The molecule has 0 fully saturated rings. The summed E-state index contributed by atoms with van der Waals surface area (Å²) in [5.74, 6) is 5.08. The Balaban J connectivity index is 1.54. The molecule has 0 aliphatic heterocycles. The lowest BCUT2D eigenvalue weighted by molar-refractivity contribution is -0.125. The van der Waals surface area contributed by atoms with Gasteiger partial charge in [-0.3, -0.25) is 15.0 Å². The van der Waals surface area contributed by atoms with Gasteiger partial charge in [-0.15, -0.1) is 0 Å². The first kappa shape index (κ1) is 21.8. The number of ether oxygens (including phenoxy) is 1. The van der Waals surface area contributed by atoms with Gasteiger partial charge in [0.15, 0.2) is 6.61 Å². The van der Waals surface area contributed by atoms with Gasteiger partial charge in [-0.1, -0.05) is 84.9 Å². The van der Waals surface area contributed by atoms with Gasteiger partial charge in [0.25, 0.3) is 5.91 Å². The third-order valence-electron chi connectivity index (χ3n) is 4.61. The molecule has 0 heterocycles. The molecular formula is C25H25N3O3. The molecule has 31 heavy (non-hydrogen) atoms. The number of carbonyl (C=O) groups excluding carboxylic acids is 2. The Morgan fingerprint density at radius 2 is 1.39 bits per heavy atom. The predicted molar refractivity (Wildman–Crippen MR) is 122 cm³/mol. The maximum absolute atomic E-state index is 12.4. The standard InChI is InChI=1S/C25H25N3O3/c26-28-24(29)17-23(21-9-5-2-6-10-21)27-25(30)18-31-22-15-13-20(14-16-22)12-11-19-7-3-1-4-8-19/h1-16,23H,17-18,26H2,(H,27,30)(H,28,29)/b12-11+. The molecule has 1 atom stereocenters. The van der Waals surface area contributed by atoms with Crippen molar-refractivity contribution in [3.8, 4) is 5.75 Å². The van der Waals surface area contributed by atoms with Crippen molar-refractivity contribution in [2.75, 3.05) is 6.61 Å². The summed E-state index contributed by atoms with van der Waals surface area (Å²) in [4.78, 5) is 24.1. The fourth-order valence-corrected chi connectivity index (χ4v) is 3.00. The largest absolute Gasteiger partial charge is 0.484 e. The van der Waals surface area contributed by atoms with Crippen LogP contribution in [-0.4, -0.2) is 18.4 Å². The monoisotopic (exact) mass is 415 g/mol. The quantitative estimate of drug-likeness (QED) is 0.216. The highest BCUT2D eigenvalue weighted by Gasteiger charge is 2.18. The van der Waals surface area contributed by atoms with Crippen LogP contribution in [0.4, 0.5) is 0 Å². The van der Waals surface area contributed by atoms with Gasteiger partial charge in [0.1, 0.15) is 5.75 Å². The van der Waals surface area contributed by atoms with E-state index in [-0.39, 0.29) is 24.8 Å². The molecule has 3 rings (SSSR count). The number of rotatable bonds is 9. The van der Waals surface area contributed by atoms with Crippen LogP contribution in [0.3, 0.4) is 0 Å². The van der Waals surface area contributed by atoms with Crippen molar-refractivity contribution in [1.29, 1.82) is 0 Å². The van der Waals surface area contributed by atoms with E-state index in [1.54, 1.807) is 0 Å². The SMILES string of the molecule is NNC(=O)CC(NC(=O)COc1ccc(/C=C/c2ccccc2)cc1)c1ccccc1. The molecule has 6 nitrogen and oxygen atoms in total. The number of hydrogen-bond donors (Lipinski definition) is 3. The average molecular weight is 415 g/mol. The van der Waals surface area contributed by atoms with Crippen LogP contribution in [0.5, 0.6) is 5.75 Å². The summed E-state index contributed by atoms with van der Waals surface area (Å²) in [6.45, 7) is -0.160. The second-order valence-corrected chi connectivity index (χ2v) is 6.90. The van der Waals surface area contributed by atoms with E-state index >= 15 is 0 Å². The van der Waals surface area contributed by atoms with Crippen molar-refractivity contribution in [3.63, 3.8) is 0 Å². The van der Waals surface area contributed by atoms with Crippen LogP contribution < -0.4 is 21.3 Å². The van der Waals surface area contributed by atoms with Crippen LogP contribution in [-0.2, 0) is 9.59 Å².